The van der Waals surface area contributed by atoms with Gasteiger partial charge in [0, 0.05) is 10.9 Å². The third kappa shape index (κ3) is 2.70. The maximum absolute atomic E-state index is 12.6. The van der Waals surface area contributed by atoms with Crippen molar-refractivity contribution in [3.05, 3.63) is 45.8 Å². The van der Waals surface area contributed by atoms with Gasteiger partial charge in [0.15, 0.2) is 0 Å². The Morgan fingerprint density at radius 3 is 2.87 bits per heavy atom. The number of aromatic nitrogens is 2. The Labute approximate surface area is 135 Å². The Bertz CT molecular complexity index is 958. The molecule has 0 atom stereocenters. The largest absolute Gasteiger partial charge is 0.496 e. The number of fused-ring (bicyclic) bond motifs is 1. The van der Waals surface area contributed by atoms with Crippen molar-refractivity contribution < 1.29 is 14.6 Å². The number of methoxy groups -OCH3 is 1. The smallest absolute Gasteiger partial charge is 0.323 e. The molecule has 0 unspecified atom stereocenters. The fourth-order valence-electron chi connectivity index (χ4n) is 2.48. The lowest BCUT2D eigenvalue weighted by Gasteiger charge is -2.07. The number of hydrogen-bond donors (Lipinski definition) is 1. The summed E-state index contributed by atoms with van der Waals surface area (Å²) in [7, 11) is 1.61. The first-order valence-electron chi connectivity index (χ1n) is 6.84. The third-order valence-corrected chi connectivity index (χ3v) is 4.46. The first kappa shape index (κ1) is 15.2. The molecule has 1 aromatic carbocycles. The maximum atomic E-state index is 12.6. The number of hydrogen-bond acceptors (Lipinski definition) is 5. The Kier molecular flexibility index (Phi) is 3.87. The lowest BCUT2D eigenvalue weighted by Crippen LogP contribution is -2.24. The molecule has 118 valence electrons. The van der Waals surface area contributed by atoms with Crippen LogP contribution in [0.25, 0.3) is 21.3 Å². The van der Waals surface area contributed by atoms with E-state index in [2.05, 4.69) is 4.98 Å². The summed E-state index contributed by atoms with van der Waals surface area (Å²) in [6.07, 6.45) is 1.28. The minimum absolute atomic E-state index is 0.345. The van der Waals surface area contributed by atoms with E-state index in [1.807, 2.05) is 30.5 Å². The molecule has 6 nitrogen and oxygen atoms in total. The number of nitrogens with zero attached hydrogens (tertiary/aromatic N) is 2. The number of ether oxygens (including phenoxy) is 1. The van der Waals surface area contributed by atoms with Crippen molar-refractivity contribution in [2.24, 2.45) is 0 Å². The van der Waals surface area contributed by atoms with Crippen LogP contribution in [0.3, 0.4) is 0 Å². The quantitative estimate of drug-likeness (QED) is 0.795. The highest BCUT2D eigenvalue weighted by Gasteiger charge is 2.15. The zero-order valence-corrected chi connectivity index (χ0v) is 13.4. The van der Waals surface area contributed by atoms with E-state index in [1.54, 1.807) is 7.11 Å². The van der Waals surface area contributed by atoms with Gasteiger partial charge in [-0.3, -0.25) is 14.2 Å². The molecular weight excluding hydrogens is 316 g/mol. The lowest BCUT2D eigenvalue weighted by molar-refractivity contribution is -0.137. The van der Waals surface area contributed by atoms with Crippen molar-refractivity contribution in [3.8, 4) is 16.9 Å². The van der Waals surface area contributed by atoms with Gasteiger partial charge in [0.25, 0.3) is 5.56 Å². The van der Waals surface area contributed by atoms with E-state index >= 15 is 0 Å². The van der Waals surface area contributed by atoms with Crippen LogP contribution in [-0.4, -0.2) is 27.7 Å². The molecule has 0 radical (unpaired) electrons. The zero-order valence-electron chi connectivity index (χ0n) is 12.6. The third-order valence-electron chi connectivity index (χ3n) is 3.57. The summed E-state index contributed by atoms with van der Waals surface area (Å²) < 4.78 is 6.36. The molecule has 7 heteroatoms. The fourth-order valence-corrected chi connectivity index (χ4v) is 3.39. The minimum atomic E-state index is -1.08. The molecule has 0 bridgehead atoms. The molecular formula is C16H14N2O4S. The van der Waals surface area contributed by atoms with Crippen molar-refractivity contribution in [2.75, 3.05) is 7.11 Å². The summed E-state index contributed by atoms with van der Waals surface area (Å²) in [5, 5.41) is 11.2. The van der Waals surface area contributed by atoms with E-state index in [0.29, 0.717) is 10.2 Å². The summed E-state index contributed by atoms with van der Waals surface area (Å²) in [6, 6.07) is 5.66. The van der Waals surface area contributed by atoms with Crippen LogP contribution in [-0.2, 0) is 11.3 Å². The fraction of sp³-hybridized carbons (Fsp3) is 0.188. The average molecular weight is 330 g/mol. The number of rotatable bonds is 4. The van der Waals surface area contributed by atoms with Crippen molar-refractivity contribution in [1.82, 2.24) is 9.55 Å². The molecule has 0 saturated heterocycles. The van der Waals surface area contributed by atoms with Gasteiger partial charge in [-0.15, -0.1) is 11.3 Å². The van der Waals surface area contributed by atoms with Gasteiger partial charge in [-0.1, -0.05) is 6.07 Å². The zero-order chi connectivity index (χ0) is 16.6. The molecule has 0 aliphatic rings. The SMILES string of the molecule is COc1ccc(-c2csc3ncn(CC(=O)O)c(=O)c23)cc1C. The molecule has 3 rings (SSSR count). The van der Waals surface area contributed by atoms with Crippen LogP contribution in [0.4, 0.5) is 0 Å². The number of carbonyl (C=O) groups is 1. The maximum Gasteiger partial charge on any atom is 0.323 e. The second kappa shape index (κ2) is 5.85. The summed E-state index contributed by atoms with van der Waals surface area (Å²) in [5.41, 5.74) is 2.25. The van der Waals surface area contributed by atoms with E-state index in [1.165, 1.54) is 17.7 Å². The van der Waals surface area contributed by atoms with Gasteiger partial charge in [-0.2, -0.15) is 0 Å². The topological polar surface area (TPSA) is 81.4 Å². The highest BCUT2D eigenvalue weighted by molar-refractivity contribution is 7.17. The standard InChI is InChI=1S/C16H14N2O4S/c1-9-5-10(3-4-12(9)22-2)11-7-23-15-14(11)16(21)18(8-17-15)6-13(19)20/h3-5,7-8H,6H2,1-2H3,(H,19,20). The summed E-state index contributed by atoms with van der Waals surface area (Å²) in [6.45, 7) is 1.52. The first-order chi connectivity index (χ1) is 11.0. The predicted octanol–water partition coefficient (Wildman–Crippen LogP) is 2.53. The van der Waals surface area contributed by atoms with Crippen LogP contribution in [0.5, 0.6) is 5.75 Å². The molecule has 1 N–H and O–H groups in total. The Hall–Kier alpha value is -2.67. The molecule has 2 aromatic heterocycles. The average Bonchev–Trinajstić information content (AvgIpc) is 2.94. The number of carboxylic acid groups (broad SMARTS) is 1. The van der Waals surface area contributed by atoms with Crippen LogP contribution in [0, 0.1) is 6.92 Å². The predicted molar refractivity (Wildman–Crippen MR) is 88.2 cm³/mol. The molecule has 0 fully saturated rings. The van der Waals surface area contributed by atoms with Crippen LogP contribution in [0.15, 0.2) is 34.7 Å². The van der Waals surface area contributed by atoms with Crippen molar-refractivity contribution >= 4 is 27.5 Å². The second-order valence-corrected chi connectivity index (χ2v) is 5.94. The molecule has 0 aliphatic carbocycles. The molecule has 2 heterocycles. The minimum Gasteiger partial charge on any atom is -0.496 e. The number of aryl methyl sites for hydroxylation is 1. The van der Waals surface area contributed by atoms with Crippen LogP contribution in [0.1, 0.15) is 5.56 Å². The van der Waals surface area contributed by atoms with Gasteiger partial charge in [0.2, 0.25) is 0 Å². The van der Waals surface area contributed by atoms with Crippen molar-refractivity contribution in [2.45, 2.75) is 13.5 Å². The number of thiophene rings is 1. The Balaban J connectivity index is 2.20. The van der Waals surface area contributed by atoms with Gasteiger partial charge in [0.1, 0.15) is 17.1 Å². The highest BCUT2D eigenvalue weighted by atomic mass is 32.1. The number of carboxylic acids is 1. The van der Waals surface area contributed by atoms with E-state index < -0.39 is 12.5 Å². The van der Waals surface area contributed by atoms with Gasteiger partial charge >= 0.3 is 5.97 Å². The summed E-state index contributed by atoms with van der Waals surface area (Å²) >= 11 is 1.36. The molecule has 0 saturated carbocycles. The van der Waals surface area contributed by atoms with E-state index in [-0.39, 0.29) is 5.56 Å². The Morgan fingerprint density at radius 1 is 1.43 bits per heavy atom. The summed E-state index contributed by atoms with van der Waals surface area (Å²) in [5.74, 6) is -0.306. The normalized spacial score (nSPS) is 10.9. The molecule has 3 aromatic rings. The van der Waals surface area contributed by atoms with Gasteiger partial charge in [0.05, 0.1) is 18.8 Å². The monoisotopic (exact) mass is 330 g/mol. The molecule has 0 aliphatic heterocycles. The summed E-state index contributed by atoms with van der Waals surface area (Å²) in [4.78, 5) is 28.2. The Morgan fingerprint density at radius 2 is 2.22 bits per heavy atom. The van der Waals surface area contributed by atoms with E-state index in [9.17, 15) is 9.59 Å². The number of aliphatic carboxylic acids is 1. The molecule has 23 heavy (non-hydrogen) atoms. The number of benzene rings is 1. The highest BCUT2D eigenvalue weighted by Crippen LogP contribution is 2.33. The van der Waals surface area contributed by atoms with Crippen LogP contribution < -0.4 is 10.3 Å². The van der Waals surface area contributed by atoms with E-state index in [0.717, 1.165) is 27.0 Å². The molecule has 0 amide bonds. The van der Waals surface area contributed by atoms with Crippen molar-refractivity contribution in [1.29, 1.82) is 0 Å². The van der Waals surface area contributed by atoms with E-state index in [4.69, 9.17) is 9.84 Å². The van der Waals surface area contributed by atoms with Crippen molar-refractivity contribution in [3.63, 3.8) is 0 Å². The van der Waals surface area contributed by atoms with Crippen LogP contribution >= 0.6 is 11.3 Å². The second-order valence-electron chi connectivity index (χ2n) is 5.09. The lowest BCUT2D eigenvalue weighted by atomic mass is 10.0. The molecule has 0 spiro atoms. The first-order valence-corrected chi connectivity index (χ1v) is 7.72. The van der Waals surface area contributed by atoms with Gasteiger partial charge < -0.3 is 9.84 Å². The van der Waals surface area contributed by atoms with Crippen LogP contribution in [0.2, 0.25) is 0 Å². The van der Waals surface area contributed by atoms with Gasteiger partial charge in [-0.25, -0.2) is 4.98 Å². The van der Waals surface area contributed by atoms with Gasteiger partial charge in [-0.05, 0) is 30.2 Å².